The van der Waals surface area contributed by atoms with Gasteiger partial charge in [0.25, 0.3) is 5.69 Å². The molecule has 2 aromatic carbocycles. The fourth-order valence-electron chi connectivity index (χ4n) is 2.69. The Labute approximate surface area is 144 Å². The van der Waals surface area contributed by atoms with E-state index in [9.17, 15) is 14.9 Å². The van der Waals surface area contributed by atoms with Crippen molar-refractivity contribution in [3.05, 3.63) is 57.6 Å². The number of ether oxygens (including phenoxy) is 2. The standard InChI is InChI=1S/C18H18N2O5/c1-2-13-5-6-14(10-15(13)20(22)23)19-18(21)8-4-12-3-7-16-17(9-12)25-11-24-16/h3,5-7,9-10H,2,4,8,11H2,1H3,(H,19,21). The lowest BCUT2D eigenvalue weighted by atomic mass is 10.1. The molecular weight excluding hydrogens is 324 g/mol. The van der Waals surface area contributed by atoms with Crippen LogP contribution in [0.25, 0.3) is 0 Å². The minimum Gasteiger partial charge on any atom is -0.454 e. The first-order valence-corrected chi connectivity index (χ1v) is 8.02. The van der Waals surface area contributed by atoms with E-state index in [1.807, 2.05) is 25.1 Å². The highest BCUT2D eigenvalue weighted by molar-refractivity contribution is 5.91. The molecule has 7 heteroatoms. The van der Waals surface area contributed by atoms with E-state index < -0.39 is 4.92 Å². The van der Waals surface area contributed by atoms with E-state index >= 15 is 0 Å². The van der Waals surface area contributed by atoms with Crippen molar-refractivity contribution >= 4 is 17.3 Å². The van der Waals surface area contributed by atoms with Crippen molar-refractivity contribution in [3.63, 3.8) is 0 Å². The highest BCUT2D eigenvalue weighted by Gasteiger charge is 2.15. The SMILES string of the molecule is CCc1ccc(NC(=O)CCc2ccc3c(c2)OCO3)cc1[N+](=O)[O-]. The zero-order chi connectivity index (χ0) is 17.8. The number of hydrogen-bond donors (Lipinski definition) is 1. The van der Waals surface area contributed by atoms with Crippen molar-refractivity contribution in [2.75, 3.05) is 12.1 Å². The number of carbonyl (C=O) groups excluding carboxylic acids is 1. The van der Waals surface area contributed by atoms with Gasteiger partial charge in [0.2, 0.25) is 12.7 Å². The molecule has 2 aromatic rings. The summed E-state index contributed by atoms with van der Waals surface area (Å²) >= 11 is 0. The maximum absolute atomic E-state index is 12.1. The molecule has 1 aliphatic rings. The van der Waals surface area contributed by atoms with Gasteiger partial charge in [-0.15, -0.1) is 0 Å². The maximum Gasteiger partial charge on any atom is 0.274 e. The molecule has 1 N–H and O–H groups in total. The Kier molecular flexibility index (Phi) is 4.83. The molecule has 0 unspecified atom stereocenters. The Hall–Kier alpha value is -3.09. The molecule has 0 radical (unpaired) electrons. The Bertz CT molecular complexity index is 819. The number of nitro groups is 1. The third-order valence-corrected chi connectivity index (χ3v) is 4.02. The second-order valence-corrected chi connectivity index (χ2v) is 5.69. The van der Waals surface area contributed by atoms with Crippen LogP contribution >= 0.6 is 0 Å². The van der Waals surface area contributed by atoms with Crippen LogP contribution in [0.5, 0.6) is 11.5 Å². The summed E-state index contributed by atoms with van der Waals surface area (Å²) in [5.74, 6) is 1.19. The van der Waals surface area contributed by atoms with E-state index in [1.54, 1.807) is 12.1 Å². The van der Waals surface area contributed by atoms with Crippen LogP contribution in [0, 0.1) is 10.1 Å². The summed E-state index contributed by atoms with van der Waals surface area (Å²) in [5, 5.41) is 13.8. The minimum absolute atomic E-state index is 0.0241. The number of fused-ring (bicyclic) bond motifs is 1. The van der Waals surface area contributed by atoms with Crippen LogP contribution in [0.1, 0.15) is 24.5 Å². The molecule has 0 atom stereocenters. The number of rotatable bonds is 6. The van der Waals surface area contributed by atoms with E-state index in [4.69, 9.17) is 9.47 Å². The summed E-state index contributed by atoms with van der Waals surface area (Å²) in [6.07, 6.45) is 1.37. The van der Waals surface area contributed by atoms with Crippen LogP contribution in [-0.2, 0) is 17.6 Å². The largest absolute Gasteiger partial charge is 0.454 e. The number of amides is 1. The van der Waals surface area contributed by atoms with E-state index in [-0.39, 0.29) is 24.8 Å². The molecule has 7 nitrogen and oxygen atoms in total. The van der Waals surface area contributed by atoms with Gasteiger partial charge in [0.05, 0.1) is 4.92 Å². The number of carbonyl (C=O) groups is 1. The van der Waals surface area contributed by atoms with E-state index in [0.29, 0.717) is 35.6 Å². The number of hydrogen-bond acceptors (Lipinski definition) is 5. The Morgan fingerprint density at radius 3 is 2.76 bits per heavy atom. The molecule has 1 amide bonds. The molecule has 0 fully saturated rings. The normalized spacial score (nSPS) is 12.0. The van der Waals surface area contributed by atoms with Gasteiger partial charge in [-0.05, 0) is 36.6 Å². The predicted octanol–water partition coefficient (Wildman–Crippen LogP) is 3.46. The first kappa shape index (κ1) is 16.8. The molecule has 1 heterocycles. The molecule has 1 aliphatic heterocycles. The molecule has 0 aromatic heterocycles. The van der Waals surface area contributed by atoms with Crippen molar-refractivity contribution in [2.45, 2.75) is 26.2 Å². The van der Waals surface area contributed by atoms with Gasteiger partial charge >= 0.3 is 0 Å². The van der Waals surface area contributed by atoms with Gasteiger partial charge in [0, 0.05) is 23.7 Å². The van der Waals surface area contributed by atoms with Crippen LogP contribution < -0.4 is 14.8 Å². The second-order valence-electron chi connectivity index (χ2n) is 5.69. The molecule has 0 aliphatic carbocycles. The number of nitro benzene ring substituents is 1. The molecule has 0 spiro atoms. The highest BCUT2D eigenvalue weighted by atomic mass is 16.7. The summed E-state index contributed by atoms with van der Waals surface area (Å²) in [7, 11) is 0. The van der Waals surface area contributed by atoms with Gasteiger partial charge in [0.15, 0.2) is 11.5 Å². The van der Waals surface area contributed by atoms with Gasteiger partial charge in [-0.1, -0.05) is 19.1 Å². The second kappa shape index (κ2) is 7.21. The Balaban J connectivity index is 1.61. The molecule has 25 heavy (non-hydrogen) atoms. The van der Waals surface area contributed by atoms with Gasteiger partial charge < -0.3 is 14.8 Å². The Morgan fingerprint density at radius 2 is 2.00 bits per heavy atom. The molecule has 130 valence electrons. The molecule has 0 bridgehead atoms. The molecule has 0 saturated heterocycles. The van der Waals surface area contributed by atoms with Gasteiger partial charge in [-0.25, -0.2) is 0 Å². The molecule has 0 saturated carbocycles. The monoisotopic (exact) mass is 342 g/mol. The van der Waals surface area contributed by atoms with Crippen molar-refractivity contribution in [3.8, 4) is 11.5 Å². The first-order valence-electron chi connectivity index (χ1n) is 8.02. The van der Waals surface area contributed by atoms with E-state index in [2.05, 4.69) is 5.32 Å². The number of nitrogens with one attached hydrogen (secondary N) is 1. The van der Waals surface area contributed by atoms with E-state index in [0.717, 1.165) is 5.56 Å². The summed E-state index contributed by atoms with van der Waals surface area (Å²) < 4.78 is 10.6. The zero-order valence-corrected chi connectivity index (χ0v) is 13.8. The zero-order valence-electron chi connectivity index (χ0n) is 13.8. The van der Waals surface area contributed by atoms with Crippen LogP contribution in [0.2, 0.25) is 0 Å². The molecular formula is C18H18N2O5. The fraction of sp³-hybridized carbons (Fsp3) is 0.278. The summed E-state index contributed by atoms with van der Waals surface area (Å²) in [4.78, 5) is 22.8. The summed E-state index contributed by atoms with van der Waals surface area (Å²) in [6.45, 7) is 2.07. The van der Waals surface area contributed by atoms with Crippen LogP contribution in [0.15, 0.2) is 36.4 Å². The quantitative estimate of drug-likeness (QED) is 0.641. The lowest BCUT2D eigenvalue weighted by Gasteiger charge is -2.07. The average Bonchev–Trinajstić information content (AvgIpc) is 3.07. The van der Waals surface area contributed by atoms with E-state index in [1.165, 1.54) is 6.07 Å². The maximum atomic E-state index is 12.1. The van der Waals surface area contributed by atoms with Crippen LogP contribution in [0.3, 0.4) is 0 Å². The predicted molar refractivity (Wildman–Crippen MR) is 92.0 cm³/mol. The number of nitrogens with zero attached hydrogens (tertiary/aromatic N) is 1. The van der Waals surface area contributed by atoms with Gasteiger partial charge in [-0.2, -0.15) is 0 Å². The first-order chi connectivity index (χ1) is 12.1. The molecule has 3 rings (SSSR count). The van der Waals surface area contributed by atoms with Gasteiger partial charge in [-0.3, -0.25) is 14.9 Å². The number of aryl methyl sites for hydroxylation is 2. The van der Waals surface area contributed by atoms with Crippen LogP contribution in [-0.4, -0.2) is 17.6 Å². The lowest BCUT2D eigenvalue weighted by molar-refractivity contribution is -0.385. The number of anilines is 1. The van der Waals surface area contributed by atoms with Crippen molar-refractivity contribution in [1.82, 2.24) is 0 Å². The van der Waals surface area contributed by atoms with Crippen molar-refractivity contribution < 1.29 is 19.2 Å². The third kappa shape index (κ3) is 3.88. The minimum atomic E-state index is -0.429. The van der Waals surface area contributed by atoms with Gasteiger partial charge in [0.1, 0.15) is 0 Å². The summed E-state index contributed by atoms with van der Waals surface area (Å²) in [6, 6.07) is 10.3. The Morgan fingerprint density at radius 1 is 1.20 bits per heavy atom. The third-order valence-electron chi connectivity index (χ3n) is 4.02. The smallest absolute Gasteiger partial charge is 0.274 e. The topological polar surface area (TPSA) is 90.7 Å². The van der Waals surface area contributed by atoms with Crippen LogP contribution in [0.4, 0.5) is 11.4 Å². The highest BCUT2D eigenvalue weighted by Crippen LogP contribution is 2.32. The fourth-order valence-corrected chi connectivity index (χ4v) is 2.69. The lowest BCUT2D eigenvalue weighted by Crippen LogP contribution is -2.12. The van der Waals surface area contributed by atoms with Crippen molar-refractivity contribution in [1.29, 1.82) is 0 Å². The van der Waals surface area contributed by atoms with Crippen molar-refractivity contribution in [2.24, 2.45) is 0 Å². The average molecular weight is 342 g/mol. The number of benzene rings is 2. The summed E-state index contributed by atoms with van der Waals surface area (Å²) in [5.41, 5.74) is 2.06.